The van der Waals surface area contributed by atoms with E-state index in [1.807, 2.05) is 0 Å². The second-order valence-electron chi connectivity index (χ2n) is 2.70. The van der Waals surface area contributed by atoms with Gasteiger partial charge in [0.25, 0.3) is 0 Å². The first kappa shape index (κ1) is 11.1. The van der Waals surface area contributed by atoms with Crippen LogP contribution in [0.15, 0.2) is 6.07 Å². The van der Waals surface area contributed by atoms with Crippen molar-refractivity contribution >= 4 is 5.82 Å². The van der Waals surface area contributed by atoms with Crippen LogP contribution >= 0.6 is 0 Å². The van der Waals surface area contributed by atoms with Crippen molar-refractivity contribution in [2.24, 2.45) is 0 Å². The summed E-state index contributed by atoms with van der Waals surface area (Å²) in [6.45, 7) is 1.34. The Bertz CT molecular complexity index is 422. The van der Waals surface area contributed by atoms with Crippen LogP contribution in [-0.2, 0) is 0 Å². The Labute approximate surface area is 83.1 Å². The van der Waals surface area contributed by atoms with E-state index in [4.69, 9.17) is 11.0 Å². The Hall–Kier alpha value is -1.97. The maximum absolute atomic E-state index is 11.9. The van der Waals surface area contributed by atoms with E-state index in [0.29, 0.717) is 0 Å². The Morgan fingerprint density at radius 1 is 1.53 bits per heavy atom. The zero-order valence-corrected chi connectivity index (χ0v) is 7.59. The van der Waals surface area contributed by atoms with E-state index in [1.165, 1.54) is 13.0 Å². The van der Waals surface area contributed by atoms with E-state index in [1.54, 1.807) is 6.07 Å². The normalized spacial score (nSPS) is 10.9. The second-order valence-corrected chi connectivity index (χ2v) is 2.70. The number of nitriles is 1. The lowest BCUT2D eigenvalue weighted by molar-refractivity contribution is -0.276. The Kier molecular flexibility index (Phi) is 2.70. The third kappa shape index (κ3) is 2.74. The Balaban J connectivity index is 3.13. The van der Waals surface area contributed by atoms with Gasteiger partial charge in [0.15, 0.2) is 0 Å². The van der Waals surface area contributed by atoms with E-state index < -0.39 is 12.2 Å². The molecule has 0 fully saturated rings. The van der Waals surface area contributed by atoms with Gasteiger partial charge in [0.05, 0.1) is 5.56 Å². The summed E-state index contributed by atoms with van der Waals surface area (Å²) in [7, 11) is 0. The fourth-order valence-corrected chi connectivity index (χ4v) is 0.912. The van der Waals surface area contributed by atoms with Crippen LogP contribution in [0, 0.1) is 18.3 Å². The van der Waals surface area contributed by atoms with Gasteiger partial charge in [-0.25, -0.2) is 0 Å². The molecular formula is C8H6F3N3O. The number of nitrogen functional groups attached to an aromatic ring is 1. The van der Waals surface area contributed by atoms with Crippen molar-refractivity contribution in [1.82, 2.24) is 4.98 Å². The molecule has 1 aromatic heterocycles. The van der Waals surface area contributed by atoms with E-state index in [2.05, 4.69) is 9.72 Å². The number of anilines is 1. The first-order valence-electron chi connectivity index (χ1n) is 3.76. The summed E-state index contributed by atoms with van der Waals surface area (Å²) in [6.07, 6.45) is -4.82. The highest BCUT2D eigenvalue weighted by molar-refractivity contribution is 5.52. The molecule has 15 heavy (non-hydrogen) atoms. The Morgan fingerprint density at radius 3 is 2.60 bits per heavy atom. The standard InChI is InChI=1S/C8H6F3N3O/c1-4-2-5(3-12)6(13)14-7(4)15-8(9,10)11/h2H,1H3,(H2,13,14). The van der Waals surface area contributed by atoms with Crippen LogP contribution in [0.2, 0.25) is 0 Å². The van der Waals surface area contributed by atoms with Crippen LogP contribution < -0.4 is 10.5 Å². The van der Waals surface area contributed by atoms with Gasteiger partial charge in [-0.15, -0.1) is 13.2 Å². The molecule has 0 aliphatic carbocycles. The summed E-state index contributed by atoms with van der Waals surface area (Å²) in [5.41, 5.74) is 5.35. The minimum atomic E-state index is -4.82. The molecule has 1 heterocycles. The lowest BCUT2D eigenvalue weighted by Crippen LogP contribution is -2.19. The first-order chi connectivity index (χ1) is 6.83. The predicted molar refractivity (Wildman–Crippen MR) is 44.8 cm³/mol. The maximum atomic E-state index is 11.9. The molecule has 0 aromatic carbocycles. The average molecular weight is 217 g/mol. The van der Waals surface area contributed by atoms with Crippen molar-refractivity contribution in [2.75, 3.05) is 5.73 Å². The number of aryl methyl sites for hydroxylation is 1. The molecule has 1 aromatic rings. The van der Waals surface area contributed by atoms with Crippen LogP contribution in [0.3, 0.4) is 0 Å². The fourth-order valence-electron chi connectivity index (χ4n) is 0.912. The van der Waals surface area contributed by atoms with Gasteiger partial charge in [0, 0.05) is 5.56 Å². The van der Waals surface area contributed by atoms with Crippen molar-refractivity contribution in [3.05, 3.63) is 17.2 Å². The highest BCUT2D eigenvalue weighted by Crippen LogP contribution is 2.26. The molecular weight excluding hydrogens is 211 g/mol. The lowest BCUT2D eigenvalue weighted by atomic mass is 10.2. The quantitative estimate of drug-likeness (QED) is 0.777. The zero-order valence-electron chi connectivity index (χ0n) is 7.59. The number of nitrogens with two attached hydrogens (primary N) is 1. The molecule has 2 N–H and O–H groups in total. The number of hydrogen-bond donors (Lipinski definition) is 1. The summed E-state index contributed by atoms with van der Waals surface area (Å²) >= 11 is 0. The smallest absolute Gasteiger partial charge is 0.388 e. The van der Waals surface area contributed by atoms with E-state index >= 15 is 0 Å². The molecule has 0 bridgehead atoms. The van der Waals surface area contributed by atoms with Crippen molar-refractivity contribution in [1.29, 1.82) is 5.26 Å². The van der Waals surface area contributed by atoms with E-state index in [-0.39, 0.29) is 16.9 Å². The van der Waals surface area contributed by atoms with Crippen LogP contribution in [-0.4, -0.2) is 11.3 Å². The van der Waals surface area contributed by atoms with Crippen LogP contribution in [0.1, 0.15) is 11.1 Å². The summed E-state index contributed by atoms with van der Waals surface area (Å²) in [4.78, 5) is 3.34. The van der Waals surface area contributed by atoms with Crippen molar-refractivity contribution in [2.45, 2.75) is 13.3 Å². The molecule has 0 radical (unpaired) electrons. The number of halogens is 3. The first-order valence-corrected chi connectivity index (χ1v) is 3.76. The van der Waals surface area contributed by atoms with Crippen LogP contribution in [0.5, 0.6) is 5.88 Å². The van der Waals surface area contributed by atoms with Crippen molar-refractivity contribution < 1.29 is 17.9 Å². The number of nitrogens with zero attached hydrogens (tertiary/aromatic N) is 2. The lowest BCUT2D eigenvalue weighted by Gasteiger charge is -2.10. The Morgan fingerprint density at radius 2 is 2.13 bits per heavy atom. The molecule has 0 aliphatic rings. The largest absolute Gasteiger partial charge is 0.574 e. The number of alkyl halides is 3. The number of aromatic nitrogens is 1. The summed E-state index contributed by atoms with van der Waals surface area (Å²) in [5, 5.41) is 8.53. The SMILES string of the molecule is Cc1cc(C#N)c(N)nc1OC(F)(F)F. The highest BCUT2D eigenvalue weighted by atomic mass is 19.4. The minimum absolute atomic E-state index is 0.0158. The van der Waals surface area contributed by atoms with E-state index in [9.17, 15) is 13.2 Å². The summed E-state index contributed by atoms with van der Waals surface area (Å²) in [5.74, 6) is -0.929. The third-order valence-electron chi connectivity index (χ3n) is 1.53. The monoisotopic (exact) mass is 217 g/mol. The molecule has 0 spiro atoms. The molecule has 0 saturated carbocycles. The summed E-state index contributed by atoms with van der Waals surface area (Å²) < 4.78 is 39.2. The second kappa shape index (κ2) is 3.65. The van der Waals surface area contributed by atoms with Crippen LogP contribution in [0.4, 0.5) is 19.0 Å². The molecule has 0 saturated heterocycles. The molecule has 0 amide bonds. The summed E-state index contributed by atoms with van der Waals surface area (Å²) in [6, 6.07) is 2.89. The maximum Gasteiger partial charge on any atom is 0.574 e. The molecule has 4 nitrogen and oxygen atoms in total. The van der Waals surface area contributed by atoms with Crippen LogP contribution in [0.25, 0.3) is 0 Å². The van der Waals surface area contributed by atoms with Crippen molar-refractivity contribution in [3.8, 4) is 11.9 Å². The van der Waals surface area contributed by atoms with Gasteiger partial charge in [-0.05, 0) is 13.0 Å². The zero-order chi connectivity index (χ0) is 11.6. The molecule has 0 aliphatic heterocycles. The van der Waals surface area contributed by atoms with Gasteiger partial charge >= 0.3 is 6.36 Å². The topological polar surface area (TPSA) is 71.9 Å². The molecule has 0 unspecified atom stereocenters. The minimum Gasteiger partial charge on any atom is -0.388 e. The van der Waals surface area contributed by atoms with Gasteiger partial charge in [-0.2, -0.15) is 10.2 Å². The molecule has 80 valence electrons. The number of ether oxygens (including phenoxy) is 1. The van der Waals surface area contributed by atoms with Gasteiger partial charge < -0.3 is 10.5 Å². The number of hydrogen-bond acceptors (Lipinski definition) is 4. The van der Waals surface area contributed by atoms with Gasteiger partial charge in [-0.1, -0.05) is 0 Å². The predicted octanol–water partition coefficient (Wildman–Crippen LogP) is 1.74. The molecule has 0 atom stereocenters. The fraction of sp³-hybridized carbons (Fsp3) is 0.250. The van der Waals surface area contributed by atoms with E-state index in [0.717, 1.165) is 0 Å². The third-order valence-corrected chi connectivity index (χ3v) is 1.53. The number of rotatable bonds is 1. The van der Waals surface area contributed by atoms with Crippen molar-refractivity contribution in [3.63, 3.8) is 0 Å². The average Bonchev–Trinajstić information content (AvgIpc) is 2.08. The highest BCUT2D eigenvalue weighted by Gasteiger charge is 2.32. The molecule has 7 heteroatoms. The van der Waals surface area contributed by atoms with Gasteiger partial charge in [0.1, 0.15) is 11.9 Å². The molecule has 1 rings (SSSR count). The van der Waals surface area contributed by atoms with Gasteiger partial charge in [-0.3, -0.25) is 0 Å². The van der Waals surface area contributed by atoms with Gasteiger partial charge in [0.2, 0.25) is 5.88 Å². The number of pyridine rings is 1.